The molecule has 110 valence electrons. The van der Waals surface area contributed by atoms with Gasteiger partial charge >= 0.3 is 0 Å². The van der Waals surface area contributed by atoms with Gasteiger partial charge in [-0.25, -0.2) is 0 Å². The van der Waals surface area contributed by atoms with Crippen LogP contribution in [0, 0.1) is 17.2 Å². The summed E-state index contributed by atoms with van der Waals surface area (Å²) in [5.41, 5.74) is 0.487. The van der Waals surface area contributed by atoms with Crippen LogP contribution < -0.4 is 10.1 Å². The van der Waals surface area contributed by atoms with Gasteiger partial charge in [0.05, 0.1) is 5.56 Å². The van der Waals surface area contributed by atoms with E-state index in [1.807, 2.05) is 6.07 Å². The smallest absolute Gasteiger partial charge is 0.137 e. The molecule has 2 N–H and O–H groups in total. The van der Waals surface area contributed by atoms with Crippen LogP contribution in [0.1, 0.15) is 32.8 Å². The van der Waals surface area contributed by atoms with E-state index in [4.69, 9.17) is 10.00 Å². The minimum absolute atomic E-state index is 0.179. The summed E-state index contributed by atoms with van der Waals surface area (Å²) in [5, 5.41) is 22.2. The molecule has 0 saturated heterocycles. The molecule has 3 atom stereocenters. The number of nitrogens with zero attached hydrogens (tertiary/aromatic N) is 1. The zero-order valence-corrected chi connectivity index (χ0v) is 12.5. The molecule has 0 aliphatic rings. The summed E-state index contributed by atoms with van der Waals surface area (Å²) >= 11 is 0. The molecule has 0 fully saturated rings. The van der Waals surface area contributed by atoms with Crippen LogP contribution in [0.25, 0.3) is 0 Å². The van der Waals surface area contributed by atoms with Gasteiger partial charge in [0, 0.05) is 12.6 Å². The number of ether oxygens (including phenoxy) is 1. The Kier molecular flexibility index (Phi) is 7.06. The Morgan fingerprint density at radius 1 is 1.35 bits per heavy atom. The van der Waals surface area contributed by atoms with Crippen LogP contribution in [-0.2, 0) is 0 Å². The second-order valence-corrected chi connectivity index (χ2v) is 5.16. The highest BCUT2D eigenvalue weighted by Gasteiger charge is 2.12. The lowest BCUT2D eigenvalue weighted by Crippen LogP contribution is -2.39. The van der Waals surface area contributed by atoms with Gasteiger partial charge in [0.1, 0.15) is 24.5 Å². The van der Waals surface area contributed by atoms with E-state index in [1.54, 1.807) is 18.2 Å². The highest BCUT2D eigenvalue weighted by atomic mass is 16.5. The van der Waals surface area contributed by atoms with Crippen LogP contribution in [-0.4, -0.2) is 30.4 Å². The second kappa shape index (κ2) is 8.57. The lowest BCUT2D eigenvalue weighted by Gasteiger charge is -2.22. The average Bonchev–Trinajstić information content (AvgIpc) is 2.49. The van der Waals surface area contributed by atoms with Crippen molar-refractivity contribution < 1.29 is 9.84 Å². The lowest BCUT2D eigenvalue weighted by atomic mass is 10.0. The summed E-state index contributed by atoms with van der Waals surface area (Å²) in [6.45, 7) is 7.12. The maximum atomic E-state index is 9.91. The third-order valence-electron chi connectivity index (χ3n) is 3.61. The zero-order chi connectivity index (χ0) is 15.0. The maximum absolute atomic E-state index is 9.91. The molecule has 0 amide bonds. The van der Waals surface area contributed by atoms with Crippen molar-refractivity contribution in [2.75, 3.05) is 13.2 Å². The van der Waals surface area contributed by atoms with Gasteiger partial charge in [-0.15, -0.1) is 0 Å². The van der Waals surface area contributed by atoms with Gasteiger partial charge in [0.2, 0.25) is 0 Å². The van der Waals surface area contributed by atoms with Gasteiger partial charge in [0.25, 0.3) is 0 Å². The third-order valence-corrected chi connectivity index (χ3v) is 3.61. The fourth-order valence-electron chi connectivity index (χ4n) is 1.81. The first-order chi connectivity index (χ1) is 9.58. The van der Waals surface area contributed by atoms with Crippen molar-refractivity contribution in [2.45, 2.75) is 39.3 Å². The van der Waals surface area contributed by atoms with Gasteiger partial charge in [-0.2, -0.15) is 5.26 Å². The van der Waals surface area contributed by atoms with E-state index in [0.29, 0.717) is 29.8 Å². The normalized spacial score (nSPS) is 15.2. The fraction of sp³-hybridized carbons (Fsp3) is 0.562. The number of para-hydroxylation sites is 1. The predicted octanol–water partition coefficient (Wildman–Crippen LogP) is 2.32. The maximum Gasteiger partial charge on any atom is 0.137 e. The number of nitrogens with one attached hydrogen (secondary N) is 1. The summed E-state index contributed by atoms with van der Waals surface area (Å²) in [6.07, 6.45) is 0.518. The average molecular weight is 276 g/mol. The Balaban J connectivity index is 2.37. The first-order valence-corrected chi connectivity index (χ1v) is 7.11. The van der Waals surface area contributed by atoms with Crippen molar-refractivity contribution in [3.8, 4) is 11.8 Å². The Bertz CT molecular complexity index is 442. The summed E-state index contributed by atoms with van der Waals surface area (Å²) in [4.78, 5) is 0. The van der Waals surface area contributed by atoms with Crippen LogP contribution in [0.15, 0.2) is 24.3 Å². The van der Waals surface area contributed by atoms with Crippen LogP contribution in [0.2, 0.25) is 0 Å². The molecule has 20 heavy (non-hydrogen) atoms. The molecule has 0 aliphatic heterocycles. The number of aliphatic hydroxyl groups excluding tert-OH is 1. The number of aliphatic hydroxyl groups is 1. The van der Waals surface area contributed by atoms with Crippen molar-refractivity contribution in [1.82, 2.24) is 5.32 Å². The molecule has 1 rings (SSSR count). The molecule has 3 unspecified atom stereocenters. The predicted molar refractivity (Wildman–Crippen MR) is 79.6 cm³/mol. The van der Waals surface area contributed by atoms with Gasteiger partial charge < -0.3 is 15.2 Å². The highest BCUT2D eigenvalue weighted by Crippen LogP contribution is 2.16. The summed E-state index contributed by atoms with van der Waals surface area (Å²) < 4.78 is 5.50. The Hall–Kier alpha value is -1.57. The SMILES string of the molecule is CCC(C)C(C)NCC(O)COc1ccccc1C#N. The first-order valence-electron chi connectivity index (χ1n) is 7.11. The monoisotopic (exact) mass is 276 g/mol. The fourth-order valence-corrected chi connectivity index (χ4v) is 1.81. The standard InChI is InChI=1S/C16H24N2O2/c1-4-12(2)13(3)18-10-15(19)11-20-16-8-6-5-7-14(16)9-17/h5-8,12-13,15,18-19H,4,10-11H2,1-3H3. The van der Waals surface area contributed by atoms with Gasteiger partial charge in [-0.1, -0.05) is 32.4 Å². The van der Waals surface area contributed by atoms with Crippen molar-refractivity contribution in [3.05, 3.63) is 29.8 Å². The van der Waals surface area contributed by atoms with Crippen LogP contribution in [0.3, 0.4) is 0 Å². The Labute approximate surface area is 121 Å². The highest BCUT2D eigenvalue weighted by molar-refractivity contribution is 5.42. The topological polar surface area (TPSA) is 65.3 Å². The van der Waals surface area contributed by atoms with Gasteiger partial charge in [-0.3, -0.25) is 0 Å². The summed E-state index contributed by atoms with van der Waals surface area (Å²) in [7, 11) is 0. The molecular formula is C16H24N2O2. The molecular weight excluding hydrogens is 252 g/mol. The number of benzene rings is 1. The van der Waals surface area contributed by atoms with Crippen molar-refractivity contribution in [1.29, 1.82) is 5.26 Å². The second-order valence-electron chi connectivity index (χ2n) is 5.16. The van der Waals surface area contributed by atoms with E-state index in [9.17, 15) is 5.11 Å². The summed E-state index contributed by atoms with van der Waals surface area (Å²) in [5.74, 6) is 1.09. The minimum Gasteiger partial charge on any atom is -0.489 e. The summed E-state index contributed by atoms with van der Waals surface area (Å²) in [6, 6.07) is 9.47. The third kappa shape index (κ3) is 5.20. The Morgan fingerprint density at radius 2 is 2.05 bits per heavy atom. The number of nitriles is 1. The van der Waals surface area contributed by atoms with Crippen LogP contribution in [0.5, 0.6) is 5.75 Å². The molecule has 1 aromatic carbocycles. The molecule has 0 heterocycles. The molecule has 0 bridgehead atoms. The molecule has 0 spiro atoms. The number of hydrogen-bond acceptors (Lipinski definition) is 4. The number of hydrogen-bond donors (Lipinski definition) is 2. The van der Waals surface area contributed by atoms with E-state index in [-0.39, 0.29) is 6.61 Å². The van der Waals surface area contributed by atoms with E-state index in [2.05, 4.69) is 32.2 Å². The molecule has 4 nitrogen and oxygen atoms in total. The minimum atomic E-state index is -0.590. The first kappa shape index (κ1) is 16.5. The van der Waals surface area contributed by atoms with E-state index in [0.717, 1.165) is 6.42 Å². The van der Waals surface area contributed by atoms with E-state index < -0.39 is 6.10 Å². The molecule has 4 heteroatoms. The van der Waals surface area contributed by atoms with Gasteiger partial charge in [-0.05, 0) is 25.0 Å². The number of rotatable bonds is 8. The molecule has 1 aromatic rings. The molecule has 0 aliphatic carbocycles. The lowest BCUT2D eigenvalue weighted by molar-refractivity contribution is 0.102. The quantitative estimate of drug-likeness (QED) is 0.765. The van der Waals surface area contributed by atoms with Crippen LogP contribution >= 0.6 is 0 Å². The largest absolute Gasteiger partial charge is 0.489 e. The molecule has 0 radical (unpaired) electrons. The zero-order valence-electron chi connectivity index (χ0n) is 12.5. The van der Waals surface area contributed by atoms with Crippen molar-refractivity contribution >= 4 is 0 Å². The Morgan fingerprint density at radius 3 is 2.70 bits per heavy atom. The van der Waals surface area contributed by atoms with Crippen molar-refractivity contribution in [3.63, 3.8) is 0 Å². The van der Waals surface area contributed by atoms with Gasteiger partial charge in [0.15, 0.2) is 0 Å². The van der Waals surface area contributed by atoms with Crippen LogP contribution in [0.4, 0.5) is 0 Å². The molecule has 0 aromatic heterocycles. The van der Waals surface area contributed by atoms with Crippen molar-refractivity contribution in [2.24, 2.45) is 5.92 Å². The molecule has 0 saturated carbocycles. The van der Waals surface area contributed by atoms with E-state index in [1.165, 1.54) is 0 Å². The van der Waals surface area contributed by atoms with E-state index >= 15 is 0 Å².